The standard InChI is InChI=1S/C17H30ClN3/c1-6-14-16(18)15(21(5)20-14)9-13-10-17(2,3)8-7-12(13)11-19-4/h12-13,19H,6-11H2,1-5H3. The van der Waals surface area contributed by atoms with Crippen molar-refractivity contribution in [3.63, 3.8) is 0 Å². The van der Waals surface area contributed by atoms with Crippen LogP contribution in [-0.4, -0.2) is 23.4 Å². The molecule has 1 fully saturated rings. The molecule has 0 bridgehead atoms. The summed E-state index contributed by atoms with van der Waals surface area (Å²) in [7, 11) is 4.09. The van der Waals surface area contributed by atoms with Crippen molar-refractivity contribution in [3.8, 4) is 0 Å². The Bertz CT molecular complexity index is 479. The average Bonchev–Trinajstić information content (AvgIpc) is 2.69. The van der Waals surface area contributed by atoms with E-state index in [0.29, 0.717) is 11.3 Å². The number of aryl methyl sites for hydroxylation is 2. The smallest absolute Gasteiger partial charge is 0.0849 e. The Balaban J connectivity index is 2.20. The van der Waals surface area contributed by atoms with Crippen LogP contribution in [0.15, 0.2) is 0 Å². The number of rotatable bonds is 5. The summed E-state index contributed by atoms with van der Waals surface area (Å²) in [4.78, 5) is 0. The van der Waals surface area contributed by atoms with Gasteiger partial charge in [-0.2, -0.15) is 5.10 Å². The lowest BCUT2D eigenvalue weighted by molar-refractivity contribution is 0.116. The molecule has 120 valence electrons. The van der Waals surface area contributed by atoms with Gasteiger partial charge in [0.15, 0.2) is 0 Å². The van der Waals surface area contributed by atoms with Crippen molar-refractivity contribution >= 4 is 11.6 Å². The second-order valence-electron chi connectivity index (χ2n) is 7.37. The summed E-state index contributed by atoms with van der Waals surface area (Å²) in [6, 6.07) is 0. The van der Waals surface area contributed by atoms with Gasteiger partial charge in [-0.05, 0) is 62.9 Å². The predicted molar refractivity (Wildman–Crippen MR) is 89.8 cm³/mol. The van der Waals surface area contributed by atoms with Crippen LogP contribution in [0.25, 0.3) is 0 Å². The Hall–Kier alpha value is -0.540. The van der Waals surface area contributed by atoms with Crippen LogP contribution in [0.4, 0.5) is 0 Å². The summed E-state index contributed by atoms with van der Waals surface area (Å²) in [6.45, 7) is 8.03. The molecule has 1 heterocycles. The average molecular weight is 312 g/mol. The van der Waals surface area contributed by atoms with E-state index in [0.717, 1.165) is 36.0 Å². The first-order chi connectivity index (χ1) is 9.88. The zero-order valence-electron chi connectivity index (χ0n) is 14.2. The highest BCUT2D eigenvalue weighted by atomic mass is 35.5. The van der Waals surface area contributed by atoms with E-state index in [4.69, 9.17) is 11.6 Å². The van der Waals surface area contributed by atoms with Gasteiger partial charge in [0.2, 0.25) is 0 Å². The molecule has 2 rings (SSSR count). The fraction of sp³-hybridized carbons (Fsp3) is 0.824. The molecule has 3 nitrogen and oxygen atoms in total. The molecular weight excluding hydrogens is 282 g/mol. The highest BCUT2D eigenvalue weighted by Crippen LogP contribution is 2.43. The van der Waals surface area contributed by atoms with Crippen molar-refractivity contribution in [3.05, 3.63) is 16.4 Å². The molecule has 1 aromatic rings. The molecule has 2 atom stereocenters. The Morgan fingerprint density at radius 1 is 1.38 bits per heavy atom. The number of halogens is 1. The maximum absolute atomic E-state index is 6.55. The van der Waals surface area contributed by atoms with Crippen LogP contribution in [0.5, 0.6) is 0 Å². The third-order valence-corrected chi connectivity index (χ3v) is 5.53. The molecule has 0 amide bonds. The van der Waals surface area contributed by atoms with Gasteiger partial charge < -0.3 is 5.32 Å². The van der Waals surface area contributed by atoms with Gasteiger partial charge in [-0.25, -0.2) is 0 Å². The molecule has 1 aliphatic carbocycles. The molecule has 0 radical (unpaired) electrons. The van der Waals surface area contributed by atoms with Gasteiger partial charge >= 0.3 is 0 Å². The lowest BCUT2D eigenvalue weighted by atomic mass is 9.66. The molecule has 0 aliphatic heterocycles. The van der Waals surface area contributed by atoms with E-state index >= 15 is 0 Å². The minimum absolute atomic E-state index is 0.452. The molecule has 0 aromatic carbocycles. The maximum atomic E-state index is 6.55. The summed E-state index contributed by atoms with van der Waals surface area (Å²) < 4.78 is 2.00. The van der Waals surface area contributed by atoms with Crippen molar-refractivity contribution in [2.75, 3.05) is 13.6 Å². The first kappa shape index (κ1) is 16.8. The van der Waals surface area contributed by atoms with E-state index < -0.39 is 0 Å². The van der Waals surface area contributed by atoms with Gasteiger partial charge in [0.1, 0.15) is 0 Å². The fourth-order valence-electron chi connectivity index (χ4n) is 3.85. The molecule has 4 heteroatoms. The van der Waals surface area contributed by atoms with Crippen molar-refractivity contribution in [1.82, 2.24) is 15.1 Å². The van der Waals surface area contributed by atoms with Gasteiger partial charge in [0.25, 0.3) is 0 Å². The minimum Gasteiger partial charge on any atom is -0.319 e. The highest BCUT2D eigenvalue weighted by molar-refractivity contribution is 6.31. The lowest BCUT2D eigenvalue weighted by Gasteiger charge is -2.41. The van der Waals surface area contributed by atoms with Crippen molar-refractivity contribution in [2.24, 2.45) is 24.3 Å². The van der Waals surface area contributed by atoms with Crippen LogP contribution in [0.2, 0.25) is 5.02 Å². The maximum Gasteiger partial charge on any atom is 0.0849 e. The predicted octanol–water partition coefficient (Wildman–Crippen LogP) is 3.84. The number of nitrogens with one attached hydrogen (secondary N) is 1. The zero-order valence-corrected chi connectivity index (χ0v) is 14.9. The SMILES string of the molecule is CCc1nn(C)c(CC2CC(C)(C)CCC2CNC)c1Cl. The second-order valence-corrected chi connectivity index (χ2v) is 7.75. The molecule has 1 saturated carbocycles. The van der Waals surface area contributed by atoms with Crippen molar-refractivity contribution < 1.29 is 0 Å². The largest absolute Gasteiger partial charge is 0.319 e. The van der Waals surface area contributed by atoms with E-state index in [1.807, 2.05) is 11.7 Å². The van der Waals surface area contributed by atoms with Gasteiger partial charge in [-0.3, -0.25) is 4.68 Å². The monoisotopic (exact) mass is 311 g/mol. The molecule has 1 aromatic heterocycles. The first-order valence-corrected chi connectivity index (χ1v) is 8.60. The topological polar surface area (TPSA) is 29.9 Å². The van der Waals surface area contributed by atoms with Crippen LogP contribution in [-0.2, 0) is 19.9 Å². The summed E-state index contributed by atoms with van der Waals surface area (Å²) in [5, 5.41) is 8.84. The van der Waals surface area contributed by atoms with Crippen LogP contribution < -0.4 is 5.32 Å². The highest BCUT2D eigenvalue weighted by Gasteiger charge is 2.35. The van der Waals surface area contributed by atoms with E-state index in [1.54, 1.807) is 0 Å². The van der Waals surface area contributed by atoms with Gasteiger partial charge in [-0.15, -0.1) is 0 Å². The molecule has 0 spiro atoms. The van der Waals surface area contributed by atoms with Crippen molar-refractivity contribution in [2.45, 2.75) is 52.9 Å². The third-order valence-electron chi connectivity index (χ3n) is 5.10. The Kier molecular flexibility index (Phi) is 5.37. The summed E-state index contributed by atoms with van der Waals surface area (Å²) in [6.07, 6.45) is 5.88. The van der Waals surface area contributed by atoms with Crippen molar-refractivity contribution in [1.29, 1.82) is 0 Å². The normalized spacial score (nSPS) is 25.2. The number of hydrogen-bond acceptors (Lipinski definition) is 2. The Morgan fingerprint density at radius 3 is 2.67 bits per heavy atom. The molecule has 1 N–H and O–H groups in total. The number of hydrogen-bond donors (Lipinski definition) is 1. The molecule has 21 heavy (non-hydrogen) atoms. The van der Waals surface area contributed by atoms with E-state index in [9.17, 15) is 0 Å². The number of aromatic nitrogens is 2. The number of nitrogens with zero attached hydrogens (tertiary/aromatic N) is 2. The van der Waals surface area contributed by atoms with Crippen LogP contribution in [0, 0.1) is 17.3 Å². The van der Waals surface area contributed by atoms with Crippen LogP contribution >= 0.6 is 11.6 Å². The van der Waals surface area contributed by atoms with Gasteiger partial charge in [-0.1, -0.05) is 32.4 Å². The molecule has 0 saturated heterocycles. The Labute approximate surface area is 134 Å². The second kappa shape index (κ2) is 6.70. The summed E-state index contributed by atoms with van der Waals surface area (Å²) in [5.41, 5.74) is 2.71. The summed E-state index contributed by atoms with van der Waals surface area (Å²) >= 11 is 6.55. The summed E-state index contributed by atoms with van der Waals surface area (Å²) in [5.74, 6) is 1.44. The minimum atomic E-state index is 0.452. The third kappa shape index (κ3) is 3.81. The van der Waals surface area contributed by atoms with E-state index in [1.165, 1.54) is 25.0 Å². The van der Waals surface area contributed by atoms with Gasteiger partial charge in [0, 0.05) is 7.05 Å². The van der Waals surface area contributed by atoms with E-state index in [2.05, 4.69) is 38.2 Å². The molecule has 1 aliphatic rings. The van der Waals surface area contributed by atoms with E-state index in [-0.39, 0.29) is 0 Å². The quantitative estimate of drug-likeness (QED) is 0.895. The Morgan fingerprint density at radius 2 is 2.10 bits per heavy atom. The van der Waals surface area contributed by atoms with Crippen LogP contribution in [0.1, 0.15) is 51.4 Å². The van der Waals surface area contributed by atoms with Gasteiger partial charge in [0.05, 0.1) is 16.4 Å². The zero-order chi connectivity index (χ0) is 15.6. The lowest BCUT2D eigenvalue weighted by Crippen LogP contribution is -2.36. The molecular formula is C17H30ClN3. The van der Waals surface area contributed by atoms with Crippen LogP contribution in [0.3, 0.4) is 0 Å². The molecule has 2 unspecified atom stereocenters. The fourth-order valence-corrected chi connectivity index (χ4v) is 4.22. The first-order valence-electron chi connectivity index (χ1n) is 8.22.